The minimum atomic E-state index is 0.150. The van der Waals surface area contributed by atoms with Gasteiger partial charge >= 0.3 is 0 Å². The topological polar surface area (TPSA) is 34.1 Å². The zero-order valence-corrected chi connectivity index (χ0v) is 10.6. The number of halogens is 1. The van der Waals surface area contributed by atoms with Crippen LogP contribution in [-0.4, -0.2) is 24.7 Å². The van der Waals surface area contributed by atoms with E-state index in [0.717, 1.165) is 25.3 Å². The van der Waals surface area contributed by atoms with Crippen molar-refractivity contribution in [2.75, 3.05) is 19.8 Å². The number of nitrogens with one attached hydrogen (secondary N) is 1. The maximum Gasteiger partial charge on any atom is 0.0732 e. The molecule has 0 saturated carbocycles. The summed E-state index contributed by atoms with van der Waals surface area (Å²) in [6.45, 7) is 6.46. The van der Waals surface area contributed by atoms with E-state index in [1.54, 1.807) is 6.20 Å². The first kappa shape index (κ1) is 13.4. The number of hydrogen-bond donors (Lipinski definition) is 1. The Balaban J connectivity index is 2.62. The van der Waals surface area contributed by atoms with Gasteiger partial charge in [-0.1, -0.05) is 18.5 Å². The molecule has 1 aromatic heterocycles. The zero-order chi connectivity index (χ0) is 11.8. The fourth-order valence-corrected chi connectivity index (χ4v) is 1.51. The summed E-state index contributed by atoms with van der Waals surface area (Å²) in [5.41, 5.74) is 0.978. The third kappa shape index (κ3) is 4.47. The molecule has 0 fully saturated rings. The van der Waals surface area contributed by atoms with E-state index in [1.807, 2.05) is 19.1 Å². The van der Waals surface area contributed by atoms with Gasteiger partial charge in [0.15, 0.2) is 0 Å². The Hall–Kier alpha value is -0.640. The Kier molecular flexibility index (Phi) is 6.38. The standard InChI is InChI=1S/C12H19ClN2O/c1-3-7-14-12(9-16-4-2)11-6-5-10(13)8-15-11/h5-6,8,12,14H,3-4,7,9H2,1-2H3. The summed E-state index contributed by atoms with van der Waals surface area (Å²) < 4.78 is 5.44. The van der Waals surface area contributed by atoms with Gasteiger partial charge in [0.2, 0.25) is 0 Å². The summed E-state index contributed by atoms with van der Waals surface area (Å²) in [5, 5.41) is 4.07. The molecule has 90 valence electrons. The Morgan fingerprint density at radius 3 is 2.81 bits per heavy atom. The molecular weight excluding hydrogens is 224 g/mol. The molecule has 1 unspecified atom stereocenters. The highest BCUT2D eigenvalue weighted by Crippen LogP contribution is 2.13. The summed E-state index contributed by atoms with van der Waals surface area (Å²) in [6, 6.07) is 3.95. The molecule has 0 spiro atoms. The van der Waals surface area contributed by atoms with Gasteiger partial charge in [-0.05, 0) is 32.0 Å². The van der Waals surface area contributed by atoms with Gasteiger partial charge in [0.05, 0.1) is 23.4 Å². The SMILES string of the molecule is CCCNC(COCC)c1ccc(Cl)cn1. The number of pyridine rings is 1. The fraction of sp³-hybridized carbons (Fsp3) is 0.583. The molecule has 16 heavy (non-hydrogen) atoms. The van der Waals surface area contributed by atoms with Crippen molar-refractivity contribution in [2.24, 2.45) is 0 Å². The van der Waals surface area contributed by atoms with E-state index in [1.165, 1.54) is 0 Å². The Labute approximate surface area is 102 Å². The molecular formula is C12H19ClN2O. The minimum Gasteiger partial charge on any atom is -0.380 e. The minimum absolute atomic E-state index is 0.150. The maximum atomic E-state index is 5.81. The highest BCUT2D eigenvalue weighted by molar-refractivity contribution is 6.30. The molecule has 1 heterocycles. The van der Waals surface area contributed by atoms with Gasteiger partial charge in [-0.2, -0.15) is 0 Å². The molecule has 0 aliphatic carbocycles. The smallest absolute Gasteiger partial charge is 0.0732 e. The van der Waals surface area contributed by atoms with Crippen molar-refractivity contribution in [2.45, 2.75) is 26.3 Å². The molecule has 3 nitrogen and oxygen atoms in total. The van der Waals surface area contributed by atoms with Gasteiger partial charge in [-0.25, -0.2) is 0 Å². The predicted octanol–water partition coefficient (Wildman–Crippen LogP) is 2.81. The molecule has 0 aliphatic rings. The quantitative estimate of drug-likeness (QED) is 0.799. The lowest BCUT2D eigenvalue weighted by Crippen LogP contribution is -2.27. The molecule has 0 bridgehead atoms. The second-order valence-corrected chi connectivity index (χ2v) is 4.00. The number of aromatic nitrogens is 1. The van der Waals surface area contributed by atoms with Crippen LogP contribution in [0.2, 0.25) is 5.02 Å². The van der Waals surface area contributed by atoms with Gasteiger partial charge in [-0.3, -0.25) is 4.98 Å². The van der Waals surface area contributed by atoms with Crippen LogP contribution in [0.4, 0.5) is 0 Å². The lowest BCUT2D eigenvalue weighted by Gasteiger charge is -2.17. The molecule has 1 aromatic rings. The summed E-state index contributed by atoms with van der Waals surface area (Å²) in [5.74, 6) is 0. The summed E-state index contributed by atoms with van der Waals surface area (Å²) in [4.78, 5) is 4.31. The average molecular weight is 243 g/mol. The van der Waals surface area contributed by atoms with Crippen LogP contribution in [0.5, 0.6) is 0 Å². The molecule has 0 saturated heterocycles. The first-order valence-electron chi connectivity index (χ1n) is 5.70. The predicted molar refractivity (Wildman–Crippen MR) is 66.8 cm³/mol. The van der Waals surface area contributed by atoms with Crippen LogP contribution >= 0.6 is 11.6 Å². The van der Waals surface area contributed by atoms with Crippen LogP contribution in [0.1, 0.15) is 32.0 Å². The summed E-state index contributed by atoms with van der Waals surface area (Å²) in [7, 11) is 0. The molecule has 0 radical (unpaired) electrons. The zero-order valence-electron chi connectivity index (χ0n) is 9.87. The van der Waals surface area contributed by atoms with E-state index in [0.29, 0.717) is 11.6 Å². The van der Waals surface area contributed by atoms with Gasteiger partial charge in [-0.15, -0.1) is 0 Å². The molecule has 1 atom stereocenters. The van der Waals surface area contributed by atoms with Crippen LogP contribution in [0.25, 0.3) is 0 Å². The van der Waals surface area contributed by atoms with E-state index >= 15 is 0 Å². The van der Waals surface area contributed by atoms with Gasteiger partial charge in [0.1, 0.15) is 0 Å². The fourth-order valence-electron chi connectivity index (χ4n) is 1.40. The molecule has 0 aromatic carbocycles. The van der Waals surface area contributed by atoms with Crippen molar-refractivity contribution < 1.29 is 4.74 Å². The first-order valence-corrected chi connectivity index (χ1v) is 6.08. The third-order valence-electron chi connectivity index (χ3n) is 2.24. The van der Waals surface area contributed by atoms with Crippen molar-refractivity contribution in [1.82, 2.24) is 10.3 Å². The number of nitrogens with zero attached hydrogens (tertiary/aromatic N) is 1. The maximum absolute atomic E-state index is 5.81. The molecule has 0 aliphatic heterocycles. The third-order valence-corrected chi connectivity index (χ3v) is 2.46. The molecule has 1 N–H and O–H groups in total. The normalized spacial score (nSPS) is 12.7. The van der Waals surface area contributed by atoms with E-state index in [-0.39, 0.29) is 6.04 Å². The molecule has 0 amide bonds. The Bertz CT molecular complexity index is 282. The van der Waals surface area contributed by atoms with Crippen LogP contribution in [0.3, 0.4) is 0 Å². The van der Waals surface area contributed by atoms with Gasteiger partial charge in [0.25, 0.3) is 0 Å². The lowest BCUT2D eigenvalue weighted by atomic mass is 10.2. The molecule has 4 heteroatoms. The van der Waals surface area contributed by atoms with Crippen LogP contribution in [0, 0.1) is 0 Å². The first-order chi connectivity index (χ1) is 7.77. The van der Waals surface area contributed by atoms with Gasteiger partial charge in [0, 0.05) is 12.8 Å². The van der Waals surface area contributed by atoms with E-state index in [2.05, 4.69) is 17.2 Å². The van der Waals surface area contributed by atoms with Crippen molar-refractivity contribution in [1.29, 1.82) is 0 Å². The monoisotopic (exact) mass is 242 g/mol. The van der Waals surface area contributed by atoms with Crippen molar-refractivity contribution in [3.63, 3.8) is 0 Å². The second-order valence-electron chi connectivity index (χ2n) is 3.57. The molecule has 1 rings (SSSR count). The Morgan fingerprint density at radius 2 is 2.25 bits per heavy atom. The average Bonchev–Trinajstić information content (AvgIpc) is 2.31. The van der Waals surface area contributed by atoms with Crippen LogP contribution < -0.4 is 5.32 Å². The van der Waals surface area contributed by atoms with Crippen LogP contribution in [0.15, 0.2) is 18.3 Å². The highest BCUT2D eigenvalue weighted by Gasteiger charge is 2.11. The number of hydrogen-bond acceptors (Lipinski definition) is 3. The lowest BCUT2D eigenvalue weighted by molar-refractivity contribution is 0.122. The number of ether oxygens (including phenoxy) is 1. The van der Waals surface area contributed by atoms with Crippen molar-refractivity contribution in [3.8, 4) is 0 Å². The van der Waals surface area contributed by atoms with Gasteiger partial charge < -0.3 is 10.1 Å². The van der Waals surface area contributed by atoms with E-state index in [9.17, 15) is 0 Å². The number of rotatable bonds is 7. The summed E-state index contributed by atoms with van der Waals surface area (Å²) in [6.07, 6.45) is 2.76. The van der Waals surface area contributed by atoms with E-state index in [4.69, 9.17) is 16.3 Å². The van der Waals surface area contributed by atoms with E-state index < -0.39 is 0 Å². The second kappa shape index (κ2) is 7.60. The highest BCUT2D eigenvalue weighted by atomic mass is 35.5. The largest absolute Gasteiger partial charge is 0.380 e. The van der Waals surface area contributed by atoms with Crippen molar-refractivity contribution >= 4 is 11.6 Å². The van der Waals surface area contributed by atoms with Crippen molar-refractivity contribution in [3.05, 3.63) is 29.0 Å². The Morgan fingerprint density at radius 1 is 1.44 bits per heavy atom. The summed E-state index contributed by atoms with van der Waals surface area (Å²) >= 11 is 5.81. The van der Waals surface area contributed by atoms with Crippen LogP contribution in [-0.2, 0) is 4.74 Å².